The van der Waals surface area contributed by atoms with Crippen molar-refractivity contribution in [2.45, 2.75) is 0 Å². The largest absolute Gasteiger partial charge is 0.484 e. The number of fused-ring (bicyclic) bond motifs is 1. The van der Waals surface area contributed by atoms with Crippen LogP contribution in [0.15, 0.2) is 47.2 Å². The first-order valence-corrected chi connectivity index (χ1v) is 6.97. The quantitative estimate of drug-likeness (QED) is 0.761. The number of carbonyl (C=O) groups is 1. The first-order chi connectivity index (χ1) is 10.2. The molecule has 0 unspecified atom stereocenters. The number of nitrogens with zero attached hydrogens (tertiary/aromatic N) is 2. The second-order valence-electron chi connectivity index (χ2n) is 4.32. The van der Waals surface area contributed by atoms with Crippen molar-refractivity contribution in [3.63, 3.8) is 0 Å². The Bertz CT molecular complexity index is 774. The normalized spacial score (nSPS) is 10.5. The molecule has 0 bridgehead atoms. The van der Waals surface area contributed by atoms with E-state index in [9.17, 15) is 4.79 Å². The van der Waals surface area contributed by atoms with E-state index in [2.05, 4.69) is 36.4 Å². The molecule has 0 saturated carbocycles. The summed E-state index contributed by atoms with van der Waals surface area (Å²) in [6.45, 7) is -0.0945. The first-order valence-electron chi connectivity index (χ1n) is 6.18. The number of H-pyrrole nitrogens is 1. The molecule has 6 nitrogen and oxygen atoms in total. The van der Waals surface area contributed by atoms with Crippen LogP contribution in [-0.4, -0.2) is 27.7 Å². The molecule has 106 valence electrons. The van der Waals surface area contributed by atoms with Gasteiger partial charge in [-0.05, 0) is 35.0 Å². The van der Waals surface area contributed by atoms with Gasteiger partial charge in [0.2, 0.25) is 5.95 Å². The standard InChI is InChI=1S/C14H11BrN4O2/c15-11-3-1-10-6-12(4-2-9(10)5-11)21-7-13(20)18-14-16-8-17-19-14/h1-6,8H,7H2,(H2,16,17,18,19,20). The van der Waals surface area contributed by atoms with Gasteiger partial charge >= 0.3 is 0 Å². The molecule has 0 spiro atoms. The maximum atomic E-state index is 11.7. The van der Waals surface area contributed by atoms with E-state index >= 15 is 0 Å². The Kier molecular flexibility index (Phi) is 3.83. The van der Waals surface area contributed by atoms with Gasteiger partial charge in [0.25, 0.3) is 5.91 Å². The van der Waals surface area contributed by atoms with Crippen LogP contribution >= 0.6 is 15.9 Å². The highest BCUT2D eigenvalue weighted by atomic mass is 79.9. The second-order valence-corrected chi connectivity index (χ2v) is 5.24. The zero-order valence-corrected chi connectivity index (χ0v) is 12.4. The van der Waals surface area contributed by atoms with Gasteiger partial charge in [0, 0.05) is 4.47 Å². The summed E-state index contributed by atoms with van der Waals surface area (Å²) in [5.41, 5.74) is 0. The number of anilines is 1. The van der Waals surface area contributed by atoms with Gasteiger partial charge in [-0.3, -0.25) is 10.1 Å². The topological polar surface area (TPSA) is 79.9 Å². The van der Waals surface area contributed by atoms with Crippen molar-refractivity contribution >= 4 is 38.6 Å². The summed E-state index contributed by atoms with van der Waals surface area (Å²) in [6.07, 6.45) is 1.32. The minimum absolute atomic E-state index is 0.0945. The minimum atomic E-state index is -0.303. The van der Waals surface area contributed by atoms with E-state index in [0.717, 1.165) is 15.2 Å². The molecule has 7 heteroatoms. The predicted molar refractivity (Wildman–Crippen MR) is 82.2 cm³/mol. The Labute approximate surface area is 128 Å². The molecule has 2 N–H and O–H groups in total. The smallest absolute Gasteiger partial charge is 0.264 e. The van der Waals surface area contributed by atoms with Crippen LogP contribution in [0.2, 0.25) is 0 Å². The van der Waals surface area contributed by atoms with Crippen molar-refractivity contribution in [3.05, 3.63) is 47.2 Å². The fraction of sp³-hybridized carbons (Fsp3) is 0.0714. The lowest BCUT2D eigenvalue weighted by atomic mass is 10.1. The Balaban J connectivity index is 1.65. The van der Waals surface area contributed by atoms with Crippen LogP contribution < -0.4 is 10.1 Å². The molecule has 3 aromatic rings. The van der Waals surface area contributed by atoms with Crippen LogP contribution in [0.3, 0.4) is 0 Å². The van der Waals surface area contributed by atoms with E-state index in [1.54, 1.807) is 0 Å². The van der Waals surface area contributed by atoms with Crippen LogP contribution in [0.5, 0.6) is 5.75 Å². The highest BCUT2D eigenvalue weighted by Gasteiger charge is 2.06. The predicted octanol–water partition coefficient (Wildman–Crippen LogP) is 2.74. The summed E-state index contributed by atoms with van der Waals surface area (Å²) in [5.74, 6) is 0.632. The summed E-state index contributed by atoms with van der Waals surface area (Å²) < 4.78 is 6.49. The molecular weight excluding hydrogens is 336 g/mol. The molecule has 2 aromatic carbocycles. The van der Waals surface area contributed by atoms with Crippen LogP contribution in [0.25, 0.3) is 10.8 Å². The lowest BCUT2D eigenvalue weighted by molar-refractivity contribution is -0.118. The van der Waals surface area contributed by atoms with Crippen molar-refractivity contribution in [3.8, 4) is 5.75 Å². The molecule has 1 amide bonds. The summed E-state index contributed by atoms with van der Waals surface area (Å²) in [5, 5.41) is 10.9. The van der Waals surface area contributed by atoms with E-state index < -0.39 is 0 Å². The van der Waals surface area contributed by atoms with Gasteiger partial charge in [0.1, 0.15) is 12.1 Å². The number of nitrogens with one attached hydrogen (secondary N) is 2. The van der Waals surface area contributed by atoms with E-state index in [1.165, 1.54) is 6.33 Å². The minimum Gasteiger partial charge on any atom is -0.484 e. The van der Waals surface area contributed by atoms with Gasteiger partial charge in [-0.15, -0.1) is 0 Å². The molecule has 0 aliphatic carbocycles. The number of ether oxygens (including phenoxy) is 1. The average molecular weight is 347 g/mol. The van der Waals surface area contributed by atoms with E-state index in [4.69, 9.17) is 4.74 Å². The third-order valence-electron chi connectivity index (χ3n) is 2.82. The van der Waals surface area contributed by atoms with Gasteiger partial charge in [-0.1, -0.05) is 28.1 Å². The maximum Gasteiger partial charge on any atom is 0.264 e. The summed E-state index contributed by atoms with van der Waals surface area (Å²) in [6, 6.07) is 11.6. The van der Waals surface area contributed by atoms with Crippen LogP contribution in [0, 0.1) is 0 Å². The molecule has 1 heterocycles. The number of amides is 1. The molecule has 0 aliphatic heterocycles. The second kappa shape index (κ2) is 5.92. The van der Waals surface area contributed by atoms with Crippen molar-refractivity contribution in [1.29, 1.82) is 0 Å². The van der Waals surface area contributed by atoms with Crippen molar-refractivity contribution in [1.82, 2.24) is 15.2 Å². The van der Waals surface area contributed by atoms with Gasteiger partial charge in [0.15, 0.2) is 6.61 Å². The molecule has 0 atom stereocenters. The number of hydrogen-bond donors (Lipinski definition) is 2. The molecule has 0 fully saturated rings. The number of aromatic nitrogens is 3. The molecule has 1 aromatic heterocycles. The number of halogens is 1. The number of aromatic amines is 1. The Morgan fingerprint density at radius 1 is 1.24 bits per heavy atom. The van der Waals surface area contributed by atoms with E-state index in [0.29, 0.717) is 11.7 Å². The van der Waals surface area contributed by atoms with Crippen molar-refractivity contribution in [2.75, 3.05) is 11.9 Å². The summed E-state index contributed by atoms with van der Waals surface area (Å²) in [4.78, 5) is 15.5. The summed E-state index contributed by atoms with van der Waals surface area (Å²) in [7, 11) is 0. The van der Waals surface area contributed by atoms with Crippen molar-refractivity contribution in [2.24, 2.45) is 0 Å². The molecule has 0 aliphatic rings. The molecular formula is C14H11BrN4O2. The molecule has 3 rings (SSSR count). The summed E-state index contributed by atoms with van der Waals surface area (Å²) >= 11 is 3.43. The number of rotatable bonds is 4. The van der Waals surface area contributed by atoms with Gasteiger partial charge < -0.3 is 4.74 Å². The van der Waals surface area contributed by atoms with Crippen LogP contribution in [0.4, 0.5) is 5.95 Å². The fourth-order valence-corrected chi connectivity index (χ4v) is 2.25. The Morgan fingerprint density at radius 2 is 2.05 bits per heavy atom. The first kappa shape index (κ1) is 13.6. The third kappa shape index (κ3) is 3.38. The SMILES string of the molecule is O=C(COc1ccc2cc(Br)ccc2c1)Nc1ncn[nH]1. The lowest BCUT2D eigenvalue weighted by Crippen LogP contribution is -2.20. The lowest BCUT2D eigenvalue weighted by Gasteiger charge is -2.07. The van der Waals surface area contributed by atoms with E-state index in [1.807, 2.05) is 36.4 Å². The zero-order valence-electron chi connectivity index (χ0n) is 10.8. The maximum absolute atomic E-state index is 11.7. The highest BCUT2D eigenvalue weighted by molar-refractivity contribution is 9.10. The third-order valence-corrected chi connectivity index (χ3v) is 3.31. The Hall–Kier alpha value is -2.41. The number of benzene rings is 2. The van der Waals surface area contributed by atoms with Crippen LogP contribution in [0.1, 0.15) is 0 Å². The Morgan fingerprint density at radius 3 is 2.86 bits per heavy atom. The monoisotopic (exact) mass is 346 g/mol. The zero-order chi connectivity index (χ0) is 14.7. The van der Waals surface area contributed by atoms with Gasteiger partial charge in [-0.25, -0.2) is 5.10 Å². The number of hydrogen-bond acceptors (Lipinski definition) is 4. The molecule has 0 radical (unpaired) electrons. The van der Waals surface area contributed by atoms with E-state index in [-0.39, 0.29) is 12.5 Å². The average Bonchev–Trinajstić information content (AvgIpc) is 2.98. The fourth-order valence-electron chi connectivity index (χ4n) is 1.87. The van der Waals surface area contributed by atoms with Gasteiger partial charge in [-0.2, -0.15) is 10.1 Å². The van der Waals surface area contributed by atoms with Crippen LogP contribution in [-0.2, 0) is 4.79 Å². The molecule has 21 heavy (non-hydrogen) atoms. The number of carbonyl (C=O) groups excluding carboxylic acids is 1. The van der Waals surface area contributed by atoms with Gasteiger partial charge in [0.05, 0.1) is 0 Å². The highest BCUT2D eigenvalue weighted by Crippen LogP contribution is 2.24. The molecule has 0 saturated heterocycles. The van der Waals surface area contributed by atoms with Crippen molar-refractivity contribution < 1.29 is 9.53 Å².